The van der Waals surface area contributed by atoms with Crippen LogP contribution in [-0.2, 0) is 28.2 Å². The van der Waals surface area contributed by atoms with Crippen LogP contribution in [0, 0.1) is 0 Å². The van der Waals surface area contributed by atoms with Gasteiger partial charge in [-0.25, -0.2) is 4.57 Å². The molecule has 0 aromatic rings. The Morgan fingerprint density at radius 2 is 0.720 bits per heavy atom. The summed E-state index contributed by atoms with van der Waals surface area (Å²) in [6, 6.07) is 0. The first-order valence-electron chi connectivity index (χ1n) is 21.3. The van der Waals surface area contributed by atoms with Gasteiger partial charge in [0.2, 0.25) is 0 Å². The minimum atomic E-state index is -4.74. The largest absolute Gasteiger partial charge is 0.469 e. The van der Waals surface area contributed by atoms with Crippen molar-refractivity contribution in [3.63, 3.8) is 0 Å². The number of esters is 2. The molecule has 0 aromatic heterocycles. The summed E-state index contributed by atoms with van der Waals surface area (Å²) in [5.41, 5.74) is 0. The van der Waals surface area contributed by atoms with Gasteiger partial charge in [0, 0.05) is 12.8 Å². The van der Waals surface area contributed by atoms with Crippen LogP contribution in [-0.4, -0.2) is 41.0 Å². The molecule has 0 fully saturated rings. The number of hydrogen-bond donors (Lipinski definition) is 2. The molecule has 2 N–H and O–H groups in total. The summed E-state index contributed by atoms with van der Waals surface area (Å²) in [4.78, 5) is 42.8. The van der Waals surface area contributed by atoms with Gasteiger partial charge in [-0.2, -0.15) is 0 Å². The Labute approximate surface area is 308 Å². The molecular formula is C41H81O8P. The summed E-state index contributed by atoms with van der Waals surface area (Å²) >= 11 is 0. The van der Waals surface area contributed by atoms with Crippen LogP contribution in [0.5, 0.6) is 0 Å². The van der Waals surface area contributed by atoms with E-state index in [9.17, 15) is 14.2 Å². The van der Waals surface area contributed by atoms with Gasteiger partial charge in [-0.1, -0.05) is 206 Å². The first-order chi connectivity index (χ1) is 24.3. The summed E-state index contributed by atoms with van der Waals surface area (Å²) in [7, 11) is -4.74. The van der Waals surface area contributed by atoms with Crippen molar-refractivity contribution in [2.24, 2.45) is 0 Å². The molecule has 1 atom stereocenters. The molecule has 0 aliphatic heterocycles. The van der Waals surface area contributed by atoms with E-state index in [0.717, 1.165) is 32.1 Å². The maximum Gasteiger partial charge on any atom is 0.469 e. The number of carbonyl (C=O) groups excluding carboxylic acids is 2. The van der Waals surface area contributed by atoms with Crippen LogP contribution >= 0.6 is 7.82 Å². The van der Waals surface area contributed by atoms with Gasteiger partial charge in [0.25, 0.3) is 0 Å². The predicted molar refractivity (Wildman–Crippen MR) is 207 cm³/mol. The number of hydrogen-bond acceptors (Lipinski definition) is 6. The highest BCUT2D eigenvalue weighted by Crippen LogP contribution is 2.36. The fraction of sp³-hybridized carbons (Fsp3) is 0.951. The topological polar surface area (TPSA) is 119 Å². The van der Waals surface area contributed by atoms with Crippen LogP contribution in [0.2, 0.25) is 0 Å². The highest BCUT2D eigenvalue weighted by atomic mass is 31.2. The van der Waals surface area contributed by atoms with Crippen LogP contribution in [0.25, 0.3) is 0 Å². The third-order valence-corrected chi connectivity index (χ3v) is 10.1. The van der Waals surface area contributed by atoms with Crippen LogP contribution in [0.15, 0.2) is 0 Å². The molecule has 0 aromatic carbocycles. The fourth-order valence-electron chi connectivity index (χ4n) is 6.43. The molecule has 0 amide bonds. The lowest BCUT2D eigenvalue weighted by atomic mass is 10.0. The molecule has 0 spiro atoms. The van der Waals surface area contributed by atoms with Crippen molar-refractivity contribution in [2.45, 2.75) is 238 Å². The summed E-state index contributed by atoms with van der Waals surface area (Å²) in [6.45, 7) is 3.72. The van der Waals surface area contributed by atoms with Gasteiger partial charge in [0.1, 0.15) is 6.61 Å². The Balaban J connectivity index is 3.85. The van der Waals surface area contributed by atoms with E-state index >= 15 is 0 Å². The van der Waals surface area contributed by atoms with E-state index in [1.165, 1.54) is 167 Å². The SMILES string of the molecule is CCCCCCCCCCCCCCCCCCC(=O)OCC(COP(=O)(O)O)OC(=O)CCCCCCCCCCCCCCCCCC. The highest BCUT2D eigenvalue weighted by Gasteiger charge is 2.22. The monoisotopic (exact) mass is 733 g/mol. The van der Waals surface area contributed by atoms with Gasteiger partial charge in [0.05, 0.1) is 6.61 Å². The Morgan fingerprint density at radius 1 is 0.440 bits per heavy atom. The zero-order valence-electron chi connectivity index (χ0n) is 32.8. The van der Waals surface area contributed by atoms with Gasteiger partial charge in [-0.05, 0) is 12.8 Å². The van der Waals surface area contributed by atoms with Gasteiger partial charge < -0.3 is 19.3 Å². The predicted octanol–water partition coefficient (Wildman–Crippen LogP) is 12.9. The van der Waals surface area contributed by atoms with E-state index in [1.54, 1.807) is 0 Å². The number of ether oxygens (including phenoxy) is 2. The molecule has 0 aliphatic carbocycles. The highest BCUT2D eigenvalue weighted by molar-refractivity contribution is 7.46. The van der Waals surface area contributed by atoms with E-state index in [-0.39, 0.29) is 19.4 Å². The number of rotatable bonds is 40. The second-order valence-corrected chi connectivity index (χ2v) is 15.9. The average molecular weight is 733 g/mol. The van der Waals surface area contributed by atoms with Gasteiger partial charge in [-0.15, -0.1) is 0 Å². The second kappa shape index (κ2) is 37.8. The molecule has 50 heavy (non-hydrogen) atoms. The summed E-state index contributed by atoms with van der Waals surface area (Å²) in [5, 5.41) is 0. The lowest BCUT2D eigenvalue weighted by Crippen LogP contribution is -2.29. The van der Waals surface area contributed by atoms with E-state index in [0.29, 0.717) is 6.42 Å². The lowest BCUT2D eigenvalue weighted by molar-refractivity contribution is -0.161. The van der Waals surface area contributed by atoms with E-state index in [2.05, 4.69) is 18.4 Å². The Kier molecular flexibility index (Phi) is 37.1. The maximum absolute atomic E-state index is 12.4. The van der Waals surface area contributed by atoms with Crippen LogP contribution in [0.1, 0.15) is 232 Å². The number of phosphoric acid groups is 1. The first-order valence-corrected chi connectivity index (χ1v) is 22.9. The normalized spacial score (nSPS) is 12.3. The lowest BCUT2D eigenvalue weighted by Gasteiger charge is -2.18. The zero-order chi connectivity index (χ0) is 36.8. The van der Waals surface area contributed by atoms with E-state index in [4.69, 9.17) is 19.3 Å². The maximum atomic E-state index is 12.4. The van der Waals surface area contributed by atoms with Gasteiger partial charge >= 0.3 is 19.8 Å². The van der Waals surface area contributed by atoms with E-state index in [1.807, 2.05) is 0 Å². The van der Waals surface area contributed by atoms with Crippen LogP contribution in [0.4, 0.5) is 0 Å². The van der Waals surface area contributed by atoms with Gasteiger partial charge in [0.15, 0.2) is 6.10 Å². The molecule has 298 valence electrons. The molecule has 0 rings (SSSR count). The minimum absolute atomic E-state index is 0.220. The fourth-order valence-corrected chi connectivity index (χ4v) is 6.79. The number of carbonyl (C=O) groups is 2. The summed E-state index contributed by atoms with van der Waals surface area (Å²) in [5.74, 6) is -0.867. The standard InChI is InChI=1S/C41H81O8P/c1-3-5-7-9-11-13-15-17-19-21-23-25-27-29-31-33-35-40(42)47-37-39(38-48-50(44,45)46)49-41(43)36-34-32-30-28-26-24-22-20-18-16-14-12-10-8-6-4-2/h39H,3-38H2,1-2H3,(H2,44,45,46). The second-order valence-electron chi connectivity index (χ2n) is 14.7. The van der Waals surface area contributed by atoms with Crippen molar-refractivity contribution in [3.05, 3.63) is 0 Å². The summed E-state index contributed by atoms with van der Waals surface area (Å²) < 4.78 is 26.4. The Hall–Kier alpha value is -0.950. The van der Waals surface area contributed by atoms with Crippen LogP contribution < -0.4 is 0 Å². The van der Waals surface area contributed by atoms with Crippen molar-refractivity contribution in [1.29, 1.82) is 0 Å². The number of unbranched alkanes of at least 4 members (excludes halogenated alkanes) is 30. The third kappa shape index (κ3) is 39.8. The average Bonchev–Trinajstić information content (AvgIpc) is 3.08. The zero-order valence-corrected chi connectivity index (χ0v) is 33.7. The number of phosphoric ester groups is 1. The summed E-state index contributed by atoms with van der Waals surface area (Å²) in [6.07, 6.45) is 39.6. The smallest absolute Gasteiger partial charge is 0.462 e. The molecule has 0 heterocycles. The molecule has 0 aliphatic rings. The molecule has 1 unspecified atom stereocenters. The molecule has 0 saturated heterocycles. The Bertz CT molecular complexity index is 787. The van der Waals surface area contributed by atoms with Crippen molar-refractivity contribution in [1.82, 2.24) is 0 Å². The molecule has 0 saturated carbocycles. The molecular weight excluding hydrogens is 651 g/mol. The molecule has 9 heteroatoms. The minimum Gasteiger partial charge on any atom is -0.462 e. The molecule has 0 radical (unpaired) electrons. The van der Waals surface area contributed by atoms with Crippen molar-refractivity contribution in [3.8, 4) is 0 Å². The van der Waals surface area contributed by atoms with Crippen molar-refractivity contribution in [2.75, 3.05) is 13.2 Å². The third-order valence-electron chi connectivity index (χ3n) is 9.63. The van der Waals surface area contributed by atoms with Gasteiger partial charge in [-0.3, -0.25) is 14.1 Å². The van der Waals surface area contributed by atoms with Crippen molar-refractivity contribution < 1.29 is 37.9 Å². The van der Waals surface area contributed by atoms with Crippen molar-refractivity contribution >= 4 is 19.8 Å². The quantitative estimate of drug-likeness (QED) is 0.0363. The van der Waals surface area contributed by atoms with E-state index < -0.39 is 32.5 Å². The Morgan fingerprint density at radius 3 is 1.02 bits per heavy atom. The van der Waals surface area contributed by atoms with Crippen LogP contribution in [0.3, 0.4) is 0 Å². The molecule has 8 nitrogen and oxygen atoms in total. The molecule has 0 bridgehead atoms. The first kappa shape index (κ1) is 49.0.